The molecule has 2 unspecified atom stereocenters. The highest BCUT2D eigenvalue weighted by Crippen LogP contribution is 2.64. The second kappa shape index (κ2) is 5.33. The summed E-state index contributed by atoms with van der Waals surface area (Å²) in [6.07, 6.45) is 0.663. The first kappa shape index (κ1) is 15.9. The summed E-state index contributed by atoms with van der Waals surface area (Å²) in [5.41, 5.74) is 1.94. The van der Waals surface area contributed by atoms with Gasteiger partial charge in [-0.3, -0.25) is 4.79 Å². The maximum atomic E-state index is 13.4. The van der Waals surface area contributed by atoms with Crippen molar-refractivity contribution in [2.24, 2.45) is 11.8 Å². The zero-order valence-electron chi connectivity index (χ0n) is 13.8. The number of fused-ring (bicyclic) bond motifs is 2. The topological polar surface area (TPSA) is 68.0 Å². The molecule has 5 nitrogen and oxygen atoms in total. The molecule has 2 aliphatic rings. The summed E-state index contributed by atoms with van der Waals surface area (Å²) in [6.45, 7) is 1.75. The van der Waals surface area contributed by atoms with Crippen molar-refractivity contribution in [1.82, 2.24) is 15.5 Å². The van der Waals surface area contributed by atoms with Gasteiger partial charge in [0.05, 0.1) is 27.2 Å². The first-order chi connectivity index (χ1) is 12.4. The van der Waals surface area contributed by atoms with Gasteiger partial charge < -0.3 is 9.84 Å². The molecule has 3 aromatic rings. The molecule has 1 amide bonds. The first-order valence-electron chi connectivity index (χ1n) is 8.44. The number of nitrogens with zero attached hydrogens (tertiary/aromatic N) is 2. The van der Waals surface area contributed by atoms with Gasteiger partial charge in [0.15, 0.2) is 0 Å². The van der Waals surface area contributed by atoms with Gasteiger partial charge >= 0.3 is 0 Å². The van der Waals surface area contributed by atoms with E-state index < -0.39 is 17.8 Å². The highest BCUT2D eigenvalue weighted by Gasteiger charge is 2.71. The second-order valence-corrected chi connectivity index (χ2v) is 7.96. The predicted octanol–water partition coefficient (Wildman–Crippen LogP) is 4.03. The normalized spacial score (nSPS) is 26.0. The number of aryl methyl sites for hydroxylation is 1. The van der Waals surface area contributed by atoms with Gasteiger partial charge in [-0.15, -0.1) is 11.3 Å². The number of thiophene rings is 1. The smallest absolute Gasteiger partial charge is 0.259 e. The van der Waals surface area contributed by atoms with E-state index >= 15 is 0 Å². The maximum absolute atomic E-state index is 13.4. The van der Waals surface area contributed by atoms with Gasteiger partial charge in [-0.1, -0.05) is 11.2 Å². The molecule has 2 aliphatic carbocycles. The molecule has 3 aromatic heterocycles. The monoisotopic (exact) mass is 375 g/mol. The lowest BCUT2D eigenvalue weighted by atomic mass is 10.1. The maximum Gasteiger partial charge on any atom is 0.259 e. The number of nitrogens with one attached hydrogen (secondary N) is 1. The van der Waals surface area contributed by atoms with Crippen LogP contribution in [0.4, 0.5) is 8.78 Å². The number of hydrogen-bond acceptors (Lipinski definition) is 5. The molecule has 5 rings (SSSR count). The summed E-state index contributed by atoms with van der Waals surface area (Å²) in [4.78, 5) is 18.2. The molecule has 0 bridgehead atoms. The van der Waals surface area contributed by atoms with Crippen LogP contribution in [0.2, 0.25) is 0 Å². The van der Waals surface area contributed by atoms with E-state index in [1.54, 1.807) is 13.0 Å². The van der Waals surface area contributed by atoms with E-state index in [9.17, 15) is 13.6 Å². The van der Waals surface area contributed by atoms with Crippen molar-refractivity contribution in [1.29, 1.82) is 0 Å². The van der Waals surface area contributed by atoms with Crippen LogP contribution in [0.5, 0.6) is 0 Å². The number of amides is 1. The SMILES string of the molecule is Cc1noc2nc(-c3cccs3)cc(C(=O)NC3CC4C(C3)C4(F)F)c12. The quantitative estimate of drug-likeness (QED) is 0.750. The molecule has 3 heterocycles. The Morgan fingerprint density at radius 1 is 1.38 bits per heavy atom. The minimum absolute atomic E-state index is 0.217. The van der Waals surface area contributed by atoms with E-state index in [-0.39, 0.29) is 11.9 Å². The molecule has 26 heavy (non-hydrogen) atoms. The van der Waals surface area contributed by atoms with Crippen LogP contribution in [-0.4, -0.2) is 28.0 Å². The third-order valence-corrected chi connectivity index (χ3v) is 6.31. The molecule has 0 aliphatic heterocycles. The van der Waals surface area contributed by atoms with Gasteiger partial charge in [-0.25, -0.2) is 13.8 Å². The van der Waals surface area contributed by atoms with E-state index in [2.05, 4.69) is 15.5 Å². The molecule has 0 saturated heterocycles. The van der Waals surface area contributed by atoms with Gasteiger partial charge in [0.2, 0.25) is 0 Å². The second-order valence-electron chi connectivity index (χ2n) is 7.01. The Kier molecular flexibility index (Phi) is 3.25. The van der Waals surface area contributed by atoms with Crippen molar-refractivity contribution >= 4 is 28.3 Å². The third kappa shape index (κ3) is 2.28. The van der Waals surface area contributed by atoms with Crippen LogP contribution < -0.4 is 5.32 Å². The molecule has 0 radical (unpaired) electrons. The Labute approximate surface area is 151 Å². The van der Waals surface area contributed by atoms with E-state index in [0.717, 1.165) is 4.88 Å². The Morgan fingerprint density at radius 3 is 2.85 bits per heavy atom. The van der Waals surface area contributed by atoms with Crippen LogP contribution in [0, 0.1) is 18.8 Å². The number of halogens is 2. The number of carbonyl (C=O) groups is 1. The van der Waals surface area contributed by atoms with Crippen molar-refractivity contribution in [2.45, 2.75) is 31.7 Å². The zero-order valence-corrected chi connectivity index (χ0v) is 14.6. The predicted molar refractivity (Wildman–Crippen MR) is 92.3 cm³/mol. The molecule has 0 spiro atoms. The van der Waals surface area contributed by atoms with E-state index in [1.807, 2.05) is 17.5 Å². The minimum Gasteiger partial charge on any atom is -0.349 e. The van der Waals surface area contributed by atoms with Crippen molar-refractivity contribution < 1.29 is 18.1 Å². The highest BCUT2D eigenvalue weighted by atomic mass is 32.1. The lowest BCUT2D eigenvalue weighted by molar-refractivity contribution is 0.0649. The number of aromatic nitrogens is 2. The largest absolute Gasteiger partial charge is 0.349 e. The van der Waals surface area contributed by atoms with Crippen LogP contribution in [0.3, 0.4) is 0 Å². The lowest BCUT2D eigenvalue weighted by Crippen LogP contribution is -2.35. The third-order valence-electron chi connectivity index (χ3n) is 5.41. The van der Waals surface area contributed by atoms with E-state index in [1.165, 1.54) is 11.3 Å². The molecule has 2 saturated carbocycles. The summed E-state index contributed by atoms with van der Waals surface area (Å²) in [6, 6.07) is 5.32. The Balaban J connectivity index is 1.47. The Hall–Kier alpha value is -2.35. The number of alkyl halides is 2. The van der Waals surface area contributed by atoms with Gasteiger partial charge in [-0.2, -0.15) is 0 Å². The molecular weight excluding hydrogens is 360 g/mol. The van der Waals surface area contributed by atoms with Gasteiger partial charge in [-0.05, 0) is 37.3 Å². The number of rotatable bonds is 3. The summed E-state index contributed by atoms with van der Waals surface area (Å²) < 4.78 is 32.0. The fourth-order valence-corrected chi connectivity index (χ4v) is 4.70. The molecule has 2 fully saturated rings. The Morgan fingerprint density at radius 2 is 2.15 bits per heavy atom. The van der Waals surface area contributed by atoms with Gasteiger partial charge in [0, 0.05) is 17.9 Å². The zero-order chi connectivity index (χ0) is 18.1. The van der Waals surface area contributed by atoms with Crippen LogP contribution >= 0.6 is 11.3 Å². The highest BCUT2D eigenvalue weighted by molar-refractivity contribution is 7.13. The molecule has 0 aromatic carbocycles. The minimum atomic E-state index is -2.54. The lowest BCUT2D eigenvalue weighted by Gasteiger charge is -2.16. The molecule has 1 N–H and O–H groups in total. The summed E-state index contributed by atoms with van der Waals surface area (Å²) >= 11 is 1.51. The Bertz CT molecular complexity index is 1000. The summed E-state index contributed by atoms with van der Waals surface area (Å²) in [5.74, 6) is -3.99. The van der Waals surface area contributed by atoms with Crippen LogP contribution in [0.15, 0.2) is 28.1 Å². The number of hydrogen-bond donors (Lipinski definition) is 1. The number of pyridine rings is 1. The van der Waals surface area contributed by atoms with E-state index in [0.29, 0.717) is 40.9 Å². The summed E-state index contributed by atoms with van der Waals surface area (Å²) in [7, 11) is 0. The van der Waals surface area contributed by atoms with Crippen molar-refractivity contribution in [3.8, 4) is 10.6 Å². The molecular formula is C18H15F2N3O2S. The average Bonchev–Trinajstić information content (AvgIpc) is 3.18. The van der Waals surface area contributed by atoms with E-state index in [4.69, 9.17) is 4.52 Å². The van der Waals surface area contributed by atoms with Crippen LogP contribution in [0.25, 0.3) is 21.7 Å². The van der Waals surface area contributed by atoms with Gasteiger partial charge in [0.25, 0.3) is 17.5 Å². The fourth-order valence-electron chi connectivity index (χ4n) is 4.02. The molecule has 2 atom stereocenters. The van der Waals surface area contributed by atoms with Crippen LogP contribution in [-0.2, 0) is 0 Å². The standard InChI is InChI=1S/C18H15F2N3O2S/c1-8-15-10(16(24)21-9-5-11-12(6-9)18(11,19)20)7-13(14-3-2-4-26-14)22-17(15)25-23-8/h2-4,7,9,11-12H,5-6H2,1H3,(H,21,24). The van der Waals surface area contributed by atoms with Crippen molar-refractivity contribution in [2.75, 3.05) is 0 Å². The van der Waals surface area contributed by atoms with Crippen molar-refractivity contribution in [3.63, 3.8) is 0 Å². The molecule has 134 valence electrons. The first-order valence-corrected chi connectivity index (χ1v) is 9.32. The number of carbonyl (C=O) groups excluding carboxylic acids is 1. The van der Waals surface area contributed by atoms with Crippen LogP contribution in [0.1, 0.15) is 28.9 Å². The van der Waals surface area contributed by atoms with Gasteiger partial charge in [0.1, 0.15) is 0 Å². The fraction of sp³-hybridized carbons (Fsp3) is 0.389. The average molecular weight is 375 g/mol. The van der Waals surface area contributed by atoms with Crippen molar-refractivity contribution in [3.05, 3.63) is 34.8 Å². The molecule has 8 heteroatoms. The summed E-state index contributed by atoms with van der Waals surface area (Å²) in [5, 5.41) is 9.32.